The fourth-order valence-corrected chi connectivity index (χ4v) is 5.62. The van der Waals surface area contributed by atoms with E-state index in [0.29, 0.717) is 17.7 Å². The molecule has 0 bridgehead atoms. The molecule has 1 aliphatic carbocycles. The average molecular weight is 453 g/mol. The quantitative estimate of drug-likeness (QED) is 0.662. The van der Waals surface area contributed by atoms with E-state index >= 15 is 0 Å². The van der Waals surface area contributed by atoms with E-state index in [2.05, 4.69) is 30.5 Å². The van der Waals surface area contributed by atoms with Crippen LogP contribution >= 0.6 is 0 Å². The fraction of sp³-hybridized carbons (Fsp3) is 0.667. The van der Waals surface area contributed by atoms with Gasteiger partial charge < -0.3 is 25.8 Å². The number of primary amides is 1. The fourth-order valence-electron chi connectivity index (χ4n) is 5.62. The van der Waals surface area contributed by atoms with Gasteiger partial charge in [0.05, 0.1) is 5.69 Å². The van der Waals surface area contributed by atoms with Gasteiger partial charge in [-0.05, 0) is 45.2 Å². The number of nitrogen functional groups attached to an aromatic ring is 1. The molecule has 9 nitrogen and oxygen atoms in total. The Balaban J connectivity index is 1.32. The summed E-state index contributed by atoms with van der Waals surface area (Å²) in [5, 5.41) is 0. The van der Waals surface area contributed by atoms with E-state index in [0.717, 1.165) is 39.0 Å². The van der Waals surface area contributed by atoms with Gasteiger partial charge in [-0.2, -0.15) is 0 Å². The van der Waals surface area contributed by atoms with Crippen molar-refractivity contribution in [2.45, 2.75) is 69.7 Å². The molecule has 4 N–H and O–H groups in total. The lowest BCUT2D eigenvalue weighted by Gasteiger charge is -2.34. The molecule has 1 amide bonds. The first-order chi connectivity index (χ1) is 16.1. The standard InChI is InChI=1S/C24H36N8O/c25-21-20(22(26)33)24(28-16-27-21)31-11-7-18(8-12-31)23-29-19(17-5-2-1-3-6-17)15-32(23)14-13-30-9-4-10-30/h15-18H,1-14H2,(H2,26,33)(H2,25,27,28). The Morgan fingerprint density at radius 2 is 1.70 bits per heavy atom. The second-order valence-corrected chi connectivity index (χ2v) is 9.83. The first-order valence-corrected chi connectivity index (χ1v) is 12.5. The van der Waals surface area contributed by atoms with Crippen molar-refractivity contribution >= 4 is 17.5 Å². The van der Waals surface area contributed by atoms with Crippen LogP contribution < -0.4 is 16.4 Å². The maximum absolute atomic E-state index is 11.9. The molecule has 3 fully saturated rings. The van der Waals surface area contributed by atoms with Crippen molar-refractivity contribution < 1.29 is 4.79 Å². The van der Waals surface area contributed by atoms with Crippen LogP contribution in [0.1, 0.15) is 85.1 Å². The van der Waals surface area contributed by atoms with Crippen molar-refractivity contribution in [3.05, 3.63) is 29.6 Å². The van der Waals surface area contributed by atoms with Gasteiger partial charge in [-0.25, -0.2) is 15.0 Å². The third-order valence-electron chi connectivity index (χ3n) is 7.72. The number of amides is 1. The van der Waals surface area contributed by atoms with Crippen LogP contribution in [0.3, 0.4) is 0 Å². The number of likely N-dealkylation sites (tertiary alicyclic amines) is 1. The Kier molecular flexibility index (Phi) is 6.48. The molecule has 0 atom stereocenters. The summed E-state index contributed by atoms with van der Waals surface area (Å²) >= 11 is 0. The summed E-state index contributed by atoms with van der Waals surface area (Å²) in [5.74, 6) is 2.39. The highest BCUT2D eigenvalue weighted by Gasteiger charge is 2.30. The largest absolute Gasteiger partial charge is 0.383 e. The predicted octanol–water partition coefficient (Wildman–Crippen LogP) is 2.49. The van der Waals surface area contributed by atoms with Gasteiger partial charge in [-0.15, -0.1) is 0 Å². The van der Waals surface area contributed by atoms with Crippen LogP contribution in [-0.2, 0) is 6.54 Å². The van der Waals surface area contributed by atoms with Crippen molar-refractivity contribution in [2.75, 3.05) is 43.4 Å². The Morgan fingerprint density at radius 1 is 0.939 bits per heavy atom. The Morgan fingerprint density at radius 3 is 2.36 bits per heavy atom. The van der Waals surface area contributed by atoms with E-state index in [1.807, 2.05) is 0 Å². The van der Waals surface area contributed by atoms with Crippen LogP contribution in [0.15, 0.2) is 12.5 Å². The summed E-state index contributed by atoms with van der Waals surface area (Å²) < 4.78 is 2.44. The number of imidazole rings is 1. The summed E-state index contributed by atoms with van der Waals surface area (Å²) in [6, 6.07) is 0. The third-order valence-corrected chi connectivity index (χ3v) is 7.72. The second kappa shape index (κ2) is 9.67. The molecule has 2 aliphatic heterocycles. The average Bonchev–Trinajstić information content (AvgIpc) is 3.22. The van der Waals surface area contributed by atoms with Crippen molar-refractivity contribution in [3.8, 4) is 0 Å². The third kappa shape index (κ3) is 4.69. The number of carbonyl (C=O) groups is 1. The molecule has 0 radical (unpaired) electrons. The predicted molar refractivity (Wildman–Crippen MR) is 128 cm³/mol. The topological polar surface area (TPSA) is 119 Å². The summed E-state index contributed by atoms with van der Waals surface area (Å²) in [6.45, 7) is 6.15. The van der Waals surface area contributed by atoms with Crippen LogP contribution in [-0.4, -0.2) is 63.0 Å². The number of hydrogen-bond acceptors (Lipinski definition) is 7. The van der Waals surface area contributed by atoms with E-state index in [1.165, 1.54) is 69.5 Å². The second-order valence-electron chi connectivity index (χ2n) is 9.83. The zero-order valence-electron chi connectivity index (χ0n) is 19.5. The molecular weight excluding hydrogens is 416 g/mol. The summed E-state index contributed by atoms with van der Waals surface area (Å²) in [6.07, 6.45) is 13.6. The normalized spacial score (nSPS) is 20.7. The van der Waals surface area contributed by atoms with Gasteiger partial charge in [0.25, 0.3) is 5.91 Å². The lowest BCUT2D eigenvalue weighted by Crippen LogP contribution is -2.39. The molecule has 2 aromatic heterocycles. The minimum atomic E-state index is -0.580. The molecule has 0 unspecified atom stereocenters. The maximum Gasteiger partial charge on any atom is 0.256 e. The number of nitrogens with zero attached hydrogens (tertiary/aromatic N) is 6. The highest BCUT2D eigenvalue weighted by atomic mass is 16.1. The number of nitrogens with two attached hydrogens (primary N) is 2. The van der Waals surface area contributed by atoms with E-state index < -0.39 is 5.91 Å². The molecule has 2 saturated heterocycles. The van der Waals surface area contributed by atoms with Crippen molar-refractivity contribution in [2.24, 2.45) is 5.73 Å². The number of aromatic nitrogens is 4. The van der Waals surface area contributed by atoms with Crippen LogP contribution in [0.5, 0.6) is 0 Å². The SMILES string of the molecule is NC(=O)c1c(N)ncnc1N1CCC(c2nc(C3CCCCC3)cn2CCN2CCC2)CC1. The first kappa shape index (κ1) is 22.1. The van der Waals surface area contributed by atoms with Crippen LogP contribution in [0, 0.1) is 0 Å². The number of anilines is 2. The van der Waals surface area contributed by atoms with Gasteiger partial charge in [0.1, 0.15) is 29.4 Å². The molecule has 4 heterocycles. The summed E-state index contributed by atoms with van der Waals surface area (Å²) in [7, 11) is 0. The molecule has 178 valence electrons. The number of piperidine rings is 1. The lowest BCUT2D eigenvalue weighted by molar-refractivity contribution is 0.100. The minimum absolute atomic E-state index is 0.147. The van der Waals surface area contributed by atoms with Gasteiger partial charge in [0.2, 0.25) is 0 Å². The zero-order valence-corrected chi connectivity index (χ0v) is 19.5. The Bertz CT molecular complexity index is 971. The monoisotopic (exact) mass is 452 g/mol. The molecule has 9 heteroatoms. The van der Waals surface area contributed by atoms with Crippen molar-refractivity contribution in [1.82, 2.24) is 24.4 Å². The summed E-state index contributed by atoms with van der Waals surface area (Å²) in [4.78, 5) is 30.1. The molecule has 0 aromatic carbocycles. The molecule has 1 saturated carbocycles. The van der Waals surface area contributed by atoms with Gasteiger partial charge in [0, 0.05) is 44.2 Å². The van der Waals surface area contributed by atoms with Crippen molar-refractivity contribution in [1.29, 1.82) is 0 Å². The van der Waals surface area contributed by atoms with Gasteiger partial charge in [0.15, 0.2) is 0 Å². The Hall–Kier alpha value is -2.68. The molecule has 5 rings (SSSR count). The molecule has 3 aliphatic rings. The molecule has 2 aromatic rings. The van der Waals surface area contributed by atoms with E-state index in [-0.39, 0.29) is 11.4 Å². The number of hydrogen-bond donors (Lipinski definition) is 2. The first-order valence-electron chi connectivity index (χ1n) is 12.5. The van der Waals surface area contributed by atoms with E-state index in [9.17, 15) is 4.79 Å². The highest BCUT2D eigenvalue weighted by Crippen LogP contribution is 2.36. The van der Waals surface area contributed by atoms with E-state index in [4.69, 9.17) is 16.5 Å². The number of carbonyl (C=O) groups excluding carboxylic acids is 1. The van der Waals surface area contributed by atoms with E-state index in [1.54, 1.807) is 0 Å². The zero-order chi connectivity index (χ0) is 22.8. The molecular formula is C24H36N8O. The van der Waals surface area contributed by atoms with Crippen LogP contribution in [0.4, 0.5) is 11.6 Å². The van der Waals surface area contributed by atoms with Crippen LogP contribution in [0.25, 0.3) is 0 Å². The van der Waals surface area contributed by atoms with Gasteiger partial charge >= 0.3 is 0 Å². The minimum Gasteiger partial charge on any atom is -0.383 e. The Labute approximate surface area is 195 Å². The summed E-state index contributed by atoms with van der Waals surface area (Å²) in [5.41, 5.74) is 13.0. The van der Waals surface area contributed by atoms with Crippen molar-refractivity contribution in [3.63, 3.8) is 0 Å². The van der Waals surface area contributed by atoms with Gasteiger partial charge in [-0.1, -0.05) is 19.3 Å². The maximum atomic E-state index is 11.9. The number of rotatable bonds is 7. The smallest absolute Gasteiger partial charge is 0.256 e. The highest BCUT2D eigenvalue weighted by molar-refractivity contribution is 6.01. The van der Waals surface area contributed by atoms with Crippen LogP contribution in [0.2, 0.25) is 0 Å². The van der Waals surface area contributed by atoms with Gasteiger partial charge in [-0.3, -0.25) is 4.79 Å². The molecule has 33 heavy (non-hydrogen) atoms. The molecule has 0 spiro atoms. The lowest BCUT2D eigenvalue weighted by atomic mass is 9.87.